The van der Waals surface area contributed by atoms with Crippen molar-refractivity contribution in [2.75, 3.05) is 26.8 Å². The maximum Gasteiger partial charge on any atom is 0.239 e. The third-order valence-electron chi connectivity index (χ3n) is 3.59. The molecule has 1 aliphatic rings. The van der Waals surface area contributed by atoms with Crippen molar-refractivity contribution < 1.29 is 14.3 Å². The van der Waals surface area contributed by atoms with E-state index in [4.69, 9.17) is 10.5 Å². The van der Waals surface area contributed by atoms with E-state index in [2.05, 4.69) is 10.6 Å². The van der Waals surface area contributed by atoms with Gasteiger partial charge in [0.25, 0.3) is 0 Å². The fourth-order valence-electron chi connectivity index (χ4n) is 2.19. The summed E-state index contributed by atoms with van der Waals surface area (Å²) in [5.41, 5.74) is 5.41. The Bertz CT molecular complexity index is 309. The number of hydrogen-bond donors (Lipinski definition) is 3. The first-order valence-electron chi connectivity index (χ1n) is 6.30. The summed E-state index contributed by atoms with van der Waals surface area (Å²) in [5.74, 6) is -0.343. The van der Waals surface area contributed by atoms with Gasteiger partial charge in [0.2, 0.25) is 11.8 Å². The molecular formula is C12H23N3O3. The molecule has 18 heavy (non-hydrogen) atoms. The minimum absolute atomic E-state index is 0.00907. The van der Waals surface area contributed by atoms with Crippen LogP contribution in [0, 0.1) is 5.41 Å². The molecule has 0 spiro atoms. The molecule has 0 heterocycles. The fourth-order valence-corrected chi connectivity index (χ4v) is 2.19. The zero-order valence-corrected chi connectivity index (χ0v) is 11.1. The molecule has 0 aromatic carbocycles. The van der Waals surface area contributed by atoms with Gasteiger partial charge in [0.15, 0.2) is 0 Å². The second kappa shape index (κ2) is 6.70. The van der Waals surface area contributed by atoms with Crippen LogP contribution >= 0.6 is 0 Å². The van der Waals surface area contributed by atoms with E-state index in [9.17, 15) is 9.59 Å². The van der Waals surface area contributed by atoms with E-state index in [-0.39, 0.29) is 24.4 Å². The number of carbonyl (C=O) groups excluding carboxylic acids is 2. The highest BCUT2D eigenvalue weighted by molar-refractivity contribution is 5.88. The summed E-state index contributed by atoms with van der Waals surface area (Å²) in [4.78, 5) is 23.4. The van der Waals surface area contributed by atoms with Crippen LogP contribution in [0.3, 0.4) is 0 Å². The van der Waals surface area contributed by atoms with Crippen molar-refractivity contribution >= 4 is 11.8 Å². The van der Waals surface area contributed by atoms with Gasteiger partial charge in [0.05, 0.1) is 18.6 Å². The minimum Gasteiger partial charge on any atom is -0.383 e. The second-order valence-corrected chi connectivity index (χ2v) is 4.94. The monoisotopic (exact) mass is 257 g/mol. The fraction of sp³-hybridized carbons (Fsp3) is 0.833. The standard InChI is InChI=1S/C12H23N3O3/c1-12(5-3-4-9(12)13)11(17)15-8-10(16)14-6-7-18-2/h9H,3-8,13H2,1-2H3,(H,14,16)(H,15,17). The quantitative estimate of drug-likeness (QED) is 0.553. The van der Waals surface area contributed by atoms with Crippen LogP contribution < -0.4 is 16.4 Å². The van der Waals surface area contributed by atoms with Gasteiger partial charge in [-0.1, -0.05) is 6.42 Å². The SMILES string of the molecule is COCCNC(=O)CNC(=O)C1(C)CCCC1N. The van der Waals surface area contributed by atoms with Crippen molar-refractivity contribution in [3.8, 4) is 0 Å². The summed E-state index contributed by atoms with van der Waals surface area (Å²) >= 11 is 0. The van der Waals surface area contributed by atoms with Gasteiger partial charge in [-0.2, -0.15) is 0 Å². The normalized spacial score (nSPS) is 26.9. The number of nitrogens with two attached hydrogens (primary N) is 1. The molecule has 1 saturated carbocycles. The maximum atomic E-state index is 12.0. The first-order chi connectivity index (χ1) is 8.50. The zero-order valence-electron chi connectivity index (χ0n) is 11.1. The molecule has 6 nitrogen and oxygen atoms in total. The number of hydrogen-bond acceptors (Lipinski definition) is 4. The van der Waals surface area contributed by atoms with Crippen molar-refractivity contribution in [3.63, 3.8) is 0 Å². The lowest BCUT2D eigenvalue weighted by atomic mass is 9.84. The molecule has 0 saturated heterocycles. The van der Waals surface area contributed by atoms with Gasteiger partial charge in [0.1, 0.15) is 0 Å². The molecule has 1 rings (SSSR count). The van der Waals surface area contributed by atoms with E-state index in [1.54, 1.807) is 7.11 Å². The van der Waals surface area contributed by atoms with Crippen LogP contribution in [0.15, 0.2) is 0 Å². The minimum atomic E-state index is -0.535. The van der Waals surface area contributed by atoms with E-state index in [0.29, 0.717) is 13.2 Å². The maximum absolute atomic E-state index is 12.0. The van der Waals surface area contributed by atoms with Crippen LogP contribution in [0.5, 0.6) is 0 Å². The Kier molecular flexibility index (Phi) is 5.55. The van der Waals surface area contributed by atoms with Crippen LogP contribution in [-0.2, 0) is 14.3 Å². The topological polar surface area (TPSA) is 93.5 Å². The molecule has 2 atom stereocenters. The third kappa shape index (κ3) is 3.68. The molecule has 0 aromatic heterocycles. The molecule has 1 aliphatic carbocycles. The Labute approximate surface area is 108 Å². The first kappa shape index (κ1) is 14.9. The highest BCUT2D eigenvalue weighted by Gasteiger charge is 2.42. The Morgan fingerprint density at radius 2 is 2.17 bits per heavy atom. The van der Waals surface area contributed by atoms with Crippen LogP contribution in [0.1, 0.15) is 26.2 Å². The number of rotatable bonds is 6. The Hall–Kier alpha value is -1.14. The molecule has 0 aliphatic heterocycles. The van der Waals surface area contributed by atoms with E-state index in [1.807, 2.05) is 6.92 Å². The molecule has 0 bridgehead atoms. The van der Waals surface area contributed by atoms with E-state index in [0.717, 1.165) is 19.3 Å². The molecule has 0 radical (unpaired) electrons. The number of nitrogens with one attached hydrogen (secondary N) is 2. The Balaban J connectivity index is 2.30. The van der Waals surface area contributed by atoms with Crippen molar-refractivity contribution in [3.05, 3.63) is 0 Å². The molecule has 4 N–H and O–H groups in total. The lowest BCUT2D eigenvalue weighted by Gasteiger charge is -2.27. The van der Waals surface area contributed by atoms with Gasteiger partial charge >= 0.3 is 0 Å². The number of ether oxygens (including phenoxy) is 1. The molecule has 1 fully saturated rings. The molecule has 104 valence electrons. The number of carbonyl (C=O) groups is 2. The average molecular weight is 257 g/mol. The third-order valence-corrected chi connectivity index (χ3v) is 3.59. The van der Waals surface area contributed by atoms with Gasteiger partial charge in [0, 0.05) is 19.7 Å². The largest absolute Gasteiger partial charge is 0.383 e. The number of amides is 2. The number of methoxy groups -OCH3 is 1. The Morgan fingerprint density at radius 1 is 1.44 bits per heavy atom. The molecule has 0 aromatic rings. The Morgan fingerprint density at radius 3 is 2.72 bits per heavy atom. The summed E-state index contributed by atoms with van der Waals surface area (Å²) in [7, 11) is 1.57. The summed E-state index contributed by atoms with van der Waals surface area (Å²) in [6.45, 7) is 2.76. The summed E-state index contributed by atoms with van der Waals surface area (Å²) in [6.07, 6.45) is 2.61. The lowest BCUT2D eigenvalue weighted by Crippen LogP contribution is -2.49. The summed E-state index contributed by atoms with van der Waals surface area (Å²) < 4.78 is 4.81. The van der Waals surface area contributed by atoms with Gasteiger partial charge in [-0.25, -0.2) is 0 Å². The lowest BCUT2D eigenvalue weighted by molar-refractivity contribution is -0.132. The van der Waals surface area contributed by atoms with Crippen molar-refractivity contribution in [2.45, 2.75) is 32.2 Å². The smallest absolute Gasteiger partial charge is 0.239 e. The predicted molar refractivity (Wildman–Crippen MR) is 67.8 cm³/mol. The highest BCUT2D eigenvalue weighted by Crippen LogP contribution is 2.36. The van der Waals surface area contributed by atoms with E-state index in [1.165, 1.54) is 0 Å². The summed E-state index contributed by atoms with van der Waals surface area (Å²) in [5, 5.41) is 5.29. The highest BCUT2D eigenvalue weighted by atomic mass is 16.5. The van der Waals surface area contributed by atoms with Crippen molar-refractivity contribution in [2.24, 2.45) is 11.1 Å². The summed E-state index contributed by atoms with van der Waals surface area (Å²) in [6, 6.07) is -0.117. The zero-order chi connectivity index (χ0) is 13.6. The molecule has 2 unspecified atom stereocenters. The second-order valence-electron chi connectivity index (χ2n) is 4.94. The molecular weight excluding hydrogens is 234 g/mol. The van der Waals surface area contributed by atoms with Gasteiger partial charge in [-0.05, 0) is 19.8 Å². The van der Waals surface area contributed by atoms with Crippen LogP contribution in [0.4, 0.5) is 0 Å². The van der Waals surface area contributed by atoms with E-state index < -0.39 is 5.41 Å². The van der Waals surface area contributed by atoms with Crippen LogP contribution in [0.25, 0.3) is 0 Å². The van der Waals surface area contributed by atoms with Gasteiger partial charge in [-0.3, -0.25) is 9.59 Å². The van der Waals surface area contributed by atoms with Crippen molar-refractivity contribution in [1.29, 1.82) is 0 Å². The molecule has 6 heteroatoms. The van der Waals surface area contributed by atoms with Crippen molar-refractivity contribution in [1.82, 2.24) is 10.6 Å². The predicted octanol–water partition coefficient (Wildman–Crippen LogP) is -0.617. The van der Waals surface area contributed by atoms with Gasteiger partial charge in [-0.15, -0.1) is 0 Å². The van der Waals surface area contributed by atoms with E-state index >= 15 is 0 Å². The average Bonchev–Trinajstić information content (AvgIpc) is 2.68. The van der Waals surface area contributed by atoms with Gasteiger partial charge < -0.3 is 21.1 Å². The van der Waals surface area contributed by atoms with Crippen LogP contribution in [0.2, 0.25) is 0 Å². The molecule has 2 amide bonds. The first-order valence-corrected chi connectivity index (χ1v) is 6.30. The van der Waals surface area contributed by atoms with Crippen LogP contribution in [-0.4, -0.2) is 44.7 Å².